The van der Waals surface area contributed by atoms with E-state index in [2.05, 4.69) is 64.9 Å². The molecule has 1 aliphatic heterocycles. The molecule has 2 heterocycles. The molecule has 0 saturated carbocycles. The van der Waals surface area contributed by atoms with Gasteiger partial charge in [0, 0.05) is 12.3 Å². The molecular formula is C25H33N7OS2. The van der Waals surface area contributed by atoms with E-state index in [4.69, 9.17) is 9.73 Å². The SMILES string of the molecule is CCSN1C(C)NC(=NCc2ccccc2)N1c1nnc(-c2ccccc2OCCCN(C)C)s1. The van der Waals surface area contributed by atoms with Crippen LogP contribution >= 0.6 is 23.3 Å². The minimum atomic E-state index is 0.0779. The van der Waals surface area contributed by atoms with E-state index in [9.17, 15) is 0 Å². The maximum Gasteiger partial charge on any atom is 0.231 e. The lowest BCUT2D eigenvalue weighted by molar-refractivity contribution is 0.282. The lowest BCUT2D eigenvalue weighted by Gasteiger charge is -2.25. The van der Waals surface area contributed by atoms with Gasteiger partial charge in [-0.05, 0) is 45.1 Å². The minimum absolute atomic E-state index is 0.0779. The lowest BCUT2D eigenvalue weighted by atomic mass is 10.2. The van der Waals surface area contributed by atoms with Gasteiger partial charge in [-0.1, -0.05) is 72.7 Å². The maximum absolute atomic E-state index is 6.11. The molecule has 1 aliphatic rings. The Morgan fingerprint density at radius 3 is 2.66 bits per heavy atom. The molecule has 0 amide bonds. The molecule has 186 valence electrons. The first-order valence-electron chi connectivity index (χ1n) is 11.8. The number of para-hydroxylation sites is 1. The summed E-state index contributed by atoms with van der Waals surface area (Å²) in [6.07, 6.45) is 1.04. The number of hydrazine groups is 1. The van der Waals surface area contributed by atoms with E-state index in [0.717, 1.165) is 51.7 Å². The first-order chi connectivity index (χ1) is 17.1. The zero-order valence-corrected chi connectivity index (χ0v) is 22.4. The van der Waals surface area contributed by atoms with Crippen molar-refractivity contribution >= 4 is 34.4 Å². The van der Waals surface area contributed by atoms with Gasteiger partial charge >= 0.3 is 0 Å². The molecule has 35 heavy (non-hydrogen) atoms. The van der Waals surface area contributed by atoms with Crippen molar-refractivity contribution in [2.45, 2.75) is 33.0 Å². The Kier molecular flexibility index (Phi) is 8.97. The second-order valence-corrected chi connectivity index (χ2v) is 10.5. The van der Waals surface area contributed by atoms with Gasteiger partial charge in [-0.15, -0.1) is 14.6 Å². The third-order valence-electron chi connectivity index (χ3n) is 5.30. The van der Waals surface area contributed by atoms with Crippen molar-refractivity contribution in [3.63, 3.8) is 0 Å². The Morgan fingerprint density at radius 2 is 1.89 bits per heavy atom. The first kappa shape index (κ1) is 25.4. The van der Waals surface area contributed by atoms with Crippen LogP contribution in [-0.4, -0.2) is 64.6 Å². The van der Waals surface area contributed by atoms with Gasteiger partial charge in [-0.3, -0.25) is 0 Å². The highest BCUT2D eigenvalue weighted by atomic mass is 32.2. The monoisotopic (exact) mass is 511 g/mol. The molecule has 1 unspecified atom stereocenters. The van der Waals surface area contributed by atoms with Crippen LogP contribution in [0.2, 0.25) is 0 Å². The quantitative estimate of drug-likeness (QED) is 0.293. The predicted octanol–water partition coefficient (Wildman–Crippen LogP) is 4.73. The van der Waals surface area contributed by atoms with Crippen LogP contribution in [0.3, 0.4) is 0 Å². The summed E-state index contributed by atoms with van der Waals surface area (Å²) in [5.74, 6) is 2.54. The number of ether oxygens (including phenoxy) is 1. The zero-order chi connectivity index (χ0) is 24.6. The van der Waals surface area contributed by atoms with Crippen LogP contribution in [0.25, 0.3) is 10.6 Å². The second-order valence-electron chi connectivity index (χ2n) is 8.37. The topological polar surface area (TPSA) is 69.1 Å². The number of benzene rings is 2. The fraction of sp³-hybridized carbons (Fsp3) is 0.400. The number of hydrogen-bond donors (Lipinski definition) is 1. The number of nitrogens with zero attached hydrogens (tertiary/aromatic N) is 6. The Balaban J connectivity index is 1.57. The number of guanidine groups is 1. The number of aromatic nitrogens is 2. The molecule has 0 aliphatic carbocycles. The number of hydrogen-bond acceptors (Lipinski definition) is 8. The molecule has 4 rings (SSSR count). The molecule has 8 nitrogen and oxygen atoms in total. The summed E-state index contributed by atoms with van der Waals surface area (Å²) in [5.41, 5.74) is 2.12. The summed E-state index contributed by atoms with van der Waals surface area (Å²) < 4.78 is 8.29. The van der Waals surface area contributed by atoms with E-state index in [0.29, 0.717) is 13.2 Å². The standard InChI is InChI=1S/C25H33N7OS2/c1-5-34-32-19(2)27-24(26-18-20-12-7-6-8-13-20)31(32)25-29-28-23(35-25)21-14-9-10-15-22(21)33-17-11-16-30(3)4/h6-10,12-15,19H,5,11,16-18H2,1-4H3,(H,26,27). The van der Waals surface area contributed by atoms with Crippen LogP contribution in [0, 0.1) is 0 Å². The molecule has 0 spiro atoms. The zero-order valence-electron chi connectivity index (χ0n) is 20.7. The van der Waals surface area contributed by atoms with Gasteiger partial charge in [0.2, 0.25) is 11.1 Å². The Bertz CT molecular complexity index is 1110. The van der Waals surface area contributed by atoms with E-state index in [1.165, 1.54) is 11.3 Å². The number of rotatable bonds is 11. The van der Waals surface area contributed by atoms with Crippen LogP contribution < -0.4 is 15.1 Å². The van der Waals surface area contributed by atoms with Crippen molar-refractivity contribution < 1.29 is 4.74 Å². The van der Waals surface area contributed by atoms with Crippen LogP contribution in [0.4, 0.5) is 5.13 Å². The van der Waals surface area contributed by atoms with Crippen molar-refractivity contribution in [2.24, 2.45) is 4.99 Å². The molecule has 2 aromatic carbocycles. The predicted molar refractivity (Wildman–Crippen MR) is 147 cm³/mol. The lowest BCUT2D eigenvalue weighted by Crippen LogP contribution is -2.37. The van der Waals surface area contributed by atoms with E-state index in [1.54, 1.807) is 11.9 Å². The van der Waals surface area contributed by atoms with Gasteiger partial charge in [-0.2, -0.15) is 0 Å². The van der Waals surface area contributed by atoms with Gasteiger partial charge in [0.1, 0.15) is 11.9 Å². The molecule has 1 aromatic heterocycles. The van der Waals surface area contributed by atoms with E-state index in [1.807, 2.05) is 47.5 Å². The smallest absolute Gasteiger partial charge is 0.231 e. The number of nitrogens with one attached hydrogen (secondary N) is 1. The maximum atomic E-state index is 6.11. The van der Waals surface area contributed by atoms with Gasteiger partial charge in [0.05, 0.1) is 18.7 Å². The average Bonchev–Trinajstić information content (AvgIpc) is 3.46. The molecular weight excluding hydrogens is 478 g/mol. The fourth-order valence-electron chi connectivity index (χ4n) is 3.65. The number of aliphatic imine (C=N–C) groups is 1. The number of anilines is 1. The highest BCUT2D eigenvalue weighted by Gasteiger charge is 2.37. The molecule has 1 saturated heterocycles. The highest BCUT2D eigenvalue weighted by molar-refractivity contribution is 7.97. The van der Waals surface area contributed by atoms with Gasteiger partial charge in [0.25, 0.3) is 0 Å². The minimum Gasteiger partial charge on any atom is -0.493 e. The van der Waals surface area contributed by atoms with Crippen LogP contribution in [0.1, 0.15) is 25.8 Å². The van der Waals surface area contributed by atoms with Gasteiger partial charge in [-0.25, -0.2) is 10.0 Å². The molecule has 1 fully saturated rings. The summed E-state index contributed by atoms with van der Waals surface area (Å²) in [4.78, 5) is 7.05. The molecule has 10 heteroatoms. The Labute approximate surface area is 216 Å². The highest BCUT2D eigenvalue weighted by Crippen LogP contribution is 2.37. The van der Waals surface area contributed by atoms with Gasteiger partial charge in [0.15, 0.2) is 5.01 Å². The summed E-state index contributed by atoms with van der Waals surface area (Å²) in [7, 11) is 4.14. The van der Waals surface area contributed by atoms with Crippen LogP contribution in [0.15, 0.2) is 59.6 Å². The van der Waals surface area contributed by atoms with Crippen LogP contribution in [0.5, 0.6) is 5.75 Å². The summed E-state index contributed by atoms with van der Waals surface area (Å²) in [6, 6.07) is 18.3. The van der Waals surface area contributed by atoms with Crippen molar-refractivity contribution in [1.82, 2.24) is 24.8 Å². The first-order valence-corrected chi connectivity index (χ1v) is 13.6. The molecule has 0 radical (unpaired) electrons. The van der Waals surface area contributed by atoms with Crippen molar-refractivity contribution in [3.05, 3.63) is 60.2 Å². The summed E-state index contributed by atoms with van der Waals surface area (Å²) in [5, 5.41) is 16.2. The fourth-order valence-corrected chi connectivity index (χ4v) is 5.39. The van der Waals surface area contributed by atoms with E-state index >= 15 is 0 Å². The molecule has 3 aromatic rings. The normalized spacial score (nSPS) is 17.3. The Morgan fingerprint density at radius 1 is 1.11 bits per heavy atom. The van der Waals surface area contributed by atoms with Crippen molar-refractivity contribution in [2.75, 3.05) is 38.0 Å². The molecule has 0 bridgehead atoms. The molecule has 1 N–H and O–H groups in total. The van der Waals surface area contributed by atoms with Crippen molar-refractivity contribution in [3.8, 4) is 16.3 Å². The third-order valence-corrected chi connectivity index (χ3v) is 7.24. The van der Waals surface area contributed by atoms with Crippen LogP contribution in [-0.2, 0) is 6.54 Å². The summed E-state index contributed by atoms with van der Waals surface area (Å²) >= 11 is 3.26. The second kappa shape index (κ2) is 12.3. The average molecular weight is 512 g/mol. The summed E-state index contributed by atoms with van der Waals surface area (Å²) in [6.45, 7) is 6.50. The van der Waals surface area contributed by atoms with E-state index < -0.39 is 0 Å². The molecule has 1 atom stereocenters. The third kappa shape index (κ3) is 6.52. The van der Waals surface area contributed by atoms with Crippen molar-refractivity contribution in [1.29, 1.82) is 0 Å². The Hall–Kier alpha value is -2.66. The largest absolute Gasteiger partial charge is 0.493 e. The van der Waals surface area contributed by atoms with E-state index in [-0.39, 0.29) is 6.17 Å². The van der Waals surface area contributed by atoms with Gasteiger partial charge < -0.3 is 15.0 Å².